The molecule has 0 saturated carbocycles. The summed E-state index contributed by atoms with van der Waals surface area (Å²) in [4.78, 5) is 13.7. The molecule has 104 valence electrons. The third-order valence-corrected chi connectivity index (χ3v) is 4.03. The maximum atomic E-state index is 13.4. The van der Waals surface area contributed by atoms with Crippen molar-refractivity contribution in [2.24, 2.45) is 0 Å². The van der Waals surface area contributed by atoms with Gasteiger partial charge >= 0.3 is 0 Å². The maximum Gasteiger partial charge on any atom is 0.233 e. The third kappa shape index (κ3) is 3.91. The smallest absolute Gasteiger partial charge is 0.233 e. The fourth-order valence-corrected chi connectivity index (χ4v) is 2.83. The highest BCUT2D eigenvalue weighted by Crippen LogP contribution is 2.23. The quantitative estimate of drug-likeness (QED) is 0.865. The van der Waals surface area contributed by atoms with E-state index in [1.807, 2.05) is 0 Å². The van der Waals surface area contributed by atoms with E-state index in [2.05, 4.69) is 0 Å². The first-order chi connectivity index (χ1) is 9.06. The van der Waals surface area contributed by atoms with Gasteiger partial charge in [-0.05, 0) is 25.0 Å². The molecule has 1 aromatic carbocycles. The van der Waals surface area contributed by atoms with Gasteiger partial charge in [0, 0.05) is 24.1 Å². The summed E-state index contributed by atoms with van der Waals surface area (Å²) in [5.74, 6) is -1.33. The minimum atomic E-state index is -0.656. The van der Waals surface area contributed by atoms with Gasteiger partial charge in [0.05, 0.1) is 11.9 Å². The molecule has 1 unspecified atom stereocenters. The molecule has 1 aliphatic rings. The van der Waals surface area contributed by atoms with Crippen molar-refractivity contribution in [2.45, 2.75) is 23.8 Å². The number of rotatable bonds is 3. The van der Waals surface area contributed by atoms with Gasteiger partial charge in [0.1, 0.15) is 11.6 Å². The van der Waals surface area contributed by atoms with E-state index in [9.17, 15) is 18.7 Å². The highest BCUT2D eigenvalue weighted by atomic mass is 32.2. The molecule has 1 aromatic rings. The van der Waals surface area contributed by atoms with Crippen molar-refractivity contribution in [1.29, 1.82) is 0 Å². The molecule has 0 aromatic heterocycles. The van der Waals surface area contributed by atoms with Crippen LogP contribution in [0, 0.1) is 11.6 Å². The second-order valence-corrected chi connectivity index (χ2v) is 5.52. The molecule has 0 bridgehead atoms. The van der Waals surface area contributed by atoms with Gasteiger partial charge in [0.2, 0.25) is 5.91 Å². The molecule has 0 spiro atoms. The first-order valence-electron chi connectivity index (χ1n) is 6.10. The molecule has 1 amide bonds. The number of carbonyl (C=O) groups is 1. The van der Waals surface area contributed by atoms with Gasteiger partial charge < -0.3 is 10.0 Å². The Hall–Kier alpha value is -1.14. The summed E-state index contributed by atoms with van der Waals surface area (Å²) in [6.45, 7) is 0.966. The van der Waals surface area contributed by atoms with Crippen LogP contribution in [-0.2, 0) is 4.79 Å². The topological polar surface area (TPSA) is 40.5 Å². The van der Waals surface area contributed by atoms with Crippen molar-refractivity contribution < 1.29 is 18.7 Å². The minimum absolute atomic E-state index is 0.0925. The van der Waals surface area contributed by atoms with Crippen molar-refractivity contribution in [2.75, 3.05) is 18.8 Å². The van der Waals surface area contributed by atoms with Crippen LogP contribution >= 0.6 is 11.8 Å². The van der Waals surface area contributed by atoms with Crippen LogP contribution in [0.15, 0.2) is 23.1 Å². The Kier molecular flexibility index (Phi) is 4.76. The monoisotopic (exact) mass is 287 g/mol. The molecular formula is C13H15F2NO2S. The van der Waals surface area contributed by atoms with Crippen LogP contribution in [0.4, 0.5) is 8.78 Å². The van der Waals surface area contributed by atoms with E-state index in [0.29, 0.717) is 19.5 Å². The number of β-amino-alcohol motifs (C(OH)–C–C–N with tert-alkyl or cyclic N) is 1. The number of hydrogen-bond acceptors (Lipinski definition) is 3. The number of benzene rings is 1. The number of aliphatic hydroxyl groups excluding tert-OH is 1. The molecule has 6 heteroatoms. The second-order valence-electron chi connectivity index (χ2n) is 4.50. The van der Waals surface area contributed by atoms with Gasteiger partial charge in [0.15, 0.2) is 0 Å². The highest BCUT2D eigenvalue weighted by Gasteiger charge is 2.22. The first-order valence-corrected chi connectivity index (χ1v) is 7.08. The fraction of sp³-hybridized carbons (Fsp3) is 0.462. The zero-order valence-electron chi connectivity index (χ0n) is 10.3. The number of piperidine rings is 1. The summed E-state index contributed by atoms with van der Waals surface area (Å²) in [6.07, 6.45) is 1.02. The zero-order chi connectivity index (χ0) is 13.8. The van der Waals surface area contributed by atoms with Gasteiger partial charge in [-0.3, -0.25) is 4.79 Å². The number of thioether (sulfide) groups is 1. The van der Waals surface area contributed by atoms with Crippen LogP contribution in [-0.4, -0.2) is 40.9 Å². The number of amides is 1. The van der Waals surface area contributed by atoms with E-state index in [4.69, 9.17) is 0 Å². The maximum absolute atomic E-state index is 13.4. The van der Waals surface area contributed by atoms with Crippen molar-refractivity contribution in [3.05, 3.63) is 29.8 Å². The Balaban J connectivity index is 1.89. The number of hydrogen-bond donors (Lipinski definition) is 1. The molecular weight excluding hydrogens is 272 g/mol. The van der Waals surface area contributed by atoms with Crippen LogP contribution < -0.4 is 0 Å². The van der Waals surface area contributed by atoms with Crippen LogP contribution in [0.1, 0.15) is 12.8 Å². The molecule has 1 saturated heterocycles. The lowest BCUT2D eigenvalue weighted by Gasteiger charge is -2.30. The Bertz CT molecular complexity index is 470. The number of halogens is 2. The van der Waals surface area contributed by atoms with Crippen molar-refractivity contribution in [1.82, 2.24) is 4.90 Å². The lowest BCUT2D eigenvalue weighted by molar-refractivity contribution is -0.131. The number of likely N-dealkylation sites (tertiary alicyclic amines) is 1. The van der Waals surface area contributed by atoms with Crippen molar-refractivity contribution >= 4 is 17.7 Å². The summed E-state index contributed by atoms with van der Waals surface area (Å²) in [6, 6.07) is 3.30. The average Bonchev–Trinajstić information content (AvgIpc) is 2.37. The van der Waals surface area contributed by atoms with E-state index in [1.54, 1.807) is 4.90 Å². The molecule has 1 atom stereocenters. The van der Waals surface area contributed by atoms with E-state index < -0.39 is 17.7 Å². The summed E-state index contributed by atoms with van der Waals surface area (Å²) >= 11 is 1.04. The van der Waals surface area contributed by atoms with E-state index in [1.165, 1.54) is 12.1 Å². The summed E-state index contributed by atoms with van der Waals surface area (Å²) < 4.78 is 26.1. The number of carbonyl (C=O) groups excluding carboxylic acids is 1. The minimum Gasteiger partial charge on any atom is -0.391 e. The Morgan fingerprint density at radius 3 is 2.95 bits per heavy atom. The van der Waals surface area contributed by atoms with Gasteiger partial charge in [-0.1, -0.05) is 0 Å². The lowest BCUT2D eigenvalue weighted by atomic mass is 10.1. The fourth-order valence-electron chi connectivity index (χ4n) is 2.00. The van der Waals surface area contributed by atoms with Gasteiger partial charge in [-0.2, -0.15) is 0 Å². The Morgan fingerprint density at radius 2 is 2.26 bits per heavy atom. The first kappa shape index (κ1) is 14.3. The number of nitrogens with zero attached hydrogens (tertiary/aromatic N) is 1. The predicted molar refractivity (Wildman–Crippen MR) is 68.9 cm³/mol. The molecule has 0 radical (unpaired) electrons. The van der Waals surface area contributed by atoms with Gasteiger partial charge in [-0.25, -0.2) is 8.78 Å². The molecule has 1 heterocycles. The number of aliphatic hydroxyl groups is 1. The second kappa shape index (κ2) is 6.34. The molecule has 1 fully saturated rings. The zero-order valence-corrected chi connectivity index (χ0v) is 11.1. The lowest BCUT2D eigenvalue weighted by Crippen LogP contribution is -2.42. The third-order valence-electron chi connectivity index (χ3n) is 2.99. The summed E-state index contributed by atoms with van der Waals surface area (Å²) in [5, 5.41) is 9.49. The van der Waals surface area contributed by atoms with Crippen molar-refractivity contribution in [3.63, 3.8) is 0 Å². The van der Waals surface area contributed by atoms with E-state index in [0.717, 1.165) is 24.2 Å². The Morgan fingerprint density at radius 1 is 1.47 bits per heavy atom. The summed E-state index contributed by atoms with van der Waals surface area (Å²) in [7, 11) is 0. The normalized spacial score (nSPS) is 19.5. The van der Waals surface area contributed by atoms with Crippen LogP contribution in [0.5, 0.6) is 0 Å². The molecule has 2 rings (SSSR count). The Labute approximate surface area is 114 Å². The van der Waals surface area contributed by atoms with E-state index in [-0.39, 0.29) is 16.6 Å². The summed E-state index contributed by atoms with van der Waals surface area (Å²) in [5.41, 5.74) is 0. The molecule has 1 N–H and O–H groups in total. The highest BCUT2D eigenvalue weighted by molar-refractivity contribution is 8.00. The molecule has 19 heavy (non-hydrogen) atoms. The van der Waals surface area contributed by atoms with Crippen LogP contribution in [0.2, 0.25) is 0 Å². The SMILES string of the molecule is O=C(CSc1ccc(F)cc1F)N1CCCC(O)C1. The van der Waals surface area contributed by atoms with Crippen LogP contribution in [0.3, 0.4) is 0 Å². The van der Waals surface area contributed by atoms with Gasteiger partial charge in [-0.15, -0.1) is 11.8 Å². The molecule has 1 aliphatic heterocycles. The molecule has 0 aliphatic carbocycles. The average molecular weight is 287 g/mol. The van der Waals surface area contributed by atoms with E-state index >= 15 is 0 Å². The predicted octanol–water partition coefficient (Wildman–Crippen LogP) is 2.04. The van der Waals surface area contributed by atoms with Crippen molar-refractivity contribution in [3.8, 4) is 0 Å². The molecule has 3 nitrogen and oxygen atoms in total. The standard InChI is InChI=1S/C13H15F2NO2S/c14-9-3-4-12(11(15)6-9)19-8-13(18)16-5-1-2-10(17)7-16/h3-4,6,10,17H,1-2,5,7-8H2. The largest absolute Gasteiger partial charge is 0.391 e. The van der Waals surface area contributed by atoms with Crippen LogP contribution in [0.25, 0.3) is 0 Å². The van der Waals surface area contributed by atoms with Gasteiger partial charge in [0.25, 0.3) is 0 Å².